The van der Waals surface area contributed by atoms with E-state index < -0.39 is 0 Å². The molecule has 0 unspecified atom stereocenters. The van der Waals surface area contributed by atoms with Crippen LogP contribution in [0.3, 0.4) is 0 Å². The molecular weight excluding hydrogens is 348 g/mol. The number of hydrogen-bond donors (Lipinski definition) is 0. The van der Waals surface area contributed by atoms with Gasteiger partial charge in [-0.05, 0) is 37.8 Å². The molecule has 4 rings (SSSR count). The lowest BCUT2D eigenvalue weighted by molar-refractivity contribution is -0.138. The number of aromatic nitrogens is 2. The summed E-state index contributed by atoms with van der Waals surface area (Å²) in [6.45, 7) is 8.38. The van der Waals surface area contributed by atoms with Gasteiger partial charge in [-0.3, -0.25) is 9.69 Å². The molecule has 0 saturated carbocycles. The van der Waals surface area contributed by atoms with Crippen molar-refractivity contribution >= 4 is 5.91 Å². The Hall–Kier alpha value is -2.53. The molecule has 3 heterocycles. The molecule has 1 amide bonds. The predicted molar refractivity (Wildman–Crippen MR) is 110 cm³/mol. The highest BCUT2D eigenvalue weighted by Gasteiger charge is 2.40. The van der Waals surface area contributed by atoms with Gasteiger partial charge in [0.05, 0.1) is 0 Å². The second-order valence-electron chi connectivity index (χ2n) is 8.12. The van der Waals surface area contributed by atoms with Gasteiger partial charge in [-0.25, -0.2) is 9.97 Å². The van der Waals surface area contributed by atoms with Crippen molar-refractivity contribution in [3.05, 3.63) is 60.9 Å². The third kappa shape index (κ3) is 4.14. The van der Waals surface area contributed by atoms with Crippen LogP contribution in [-0.2, 0) is 11.3 Å². The molecule has 146 valence electrons. The Morgan fingerprint density at radius 3 is 2.46 bits per heavy atom. The second-order valence-corrected chi connectivity index (χ2v) is 8.12. The average molecular weight is 377 g/mol. The number of piperidine rings is 2. The van der Waals surface area contributed by atoms with E-state index in [4.69, 9.17) is 0 Å². The minimum atomic E-state index is 0.281. The third-order valence-corrected chi connectivity index (χ3v) is 6.16. The van der Waals surface area contributed by atoms with Gasteiger partial charge in [-0.1, -0.05) is 36.4 Å². The highest BCUT2D eigenvalue weighted by molar-refractivity contribution is 5.77. The van der Waals surface area contributed by atoms with Crippen LogP contribution < -0.4 is 0 Å². The minimum absolute atomic E-state index is 0.281. The van der Waals surface area contributed by atoms with Crippen LogP contribution in [0.5, 0.6) is 0 Å². The average Bonchev–Trinajstić information content (AvgIpc) is 2.74. The molecule has 0 N–H and O–H groups in total. The number of benzene rings is 1. The maximum Gasteiger partial charge on any atom is 0.222 e. The lowest BCUT2D eigenvalue weighted by Crippen LogP contribution is -2.51. The van der Waals surface area contributed by atoms with Crippen LogP contribution >= 0.6 is 0 Å². The summed E-state index contributed by atoms with van der Waals surface area (Å²) in [5.41, 5.74) is 2.49. The topological polar surface area (TPSA) is 49.3 Å². The first-order chi connectivity index (χ1) is 13.7. The van der Waals surface area contributed by atoms with Crippen molar-refractivity contribution in [3.8, 4) is 11.4 Å². The smallest absolute Gasteiger partial charge is 0.222 e. The van der Waals surface area contributed by atoms with Gasteiger partial charge in [-0.2, -0.15) is 0 Å². The summed E-state index contributed by atoms with van der Waals surface area (Å²) < 4.78 is 0. The van der Waals surface area contributed by atoms with E-state index in [9.17, 15) is 4.79 Å². The highest BCUT2D eigenvalue weighted by Crippen LogP contribution is 2.40. The van der Waals surface area contributed by atoms with E-state index in [1.165, 1.54) is 0 Å². The second kappa shape index (κ2) is 8.23. The van der Waals surface area contributed by atoms with E-state index in [0.717, 1.165) is 62.4 Å². The van der Waals surface area contributed by atoms with Crippen molar-refractivity contribution in [3.63, 3.8) is 0 Å². The molecule has 2 aliphatic rings. The lowest BCUT2D eigenvalue weighted by Gasteiger charge is -2.47. The van der Waals surface area contributed by atoms with Gasteiger partial charge in [0.1, 0.15) is 0 Å². The van der Waals surface area contributed by atoms with Gasteiger partial charge >= 0.3 is 0 Å². The number of amides is 1. The standard InChI is InChI=1S/C23H28N4O/c1-2-12-27-18-23(9-8-21(27)28)10-13-26(14-11-23)17-19-15-24-22(25-16-19)20-6-4-3-5-7-20/h2-7,15-16H,1,8-14,17-18H2. The molecule has 2 aliphatic heterocycles. The van der Waals surface area contributed by atoms with E-state index in [0.29, 0.717) is 18.4 Å². The first-order valence-electron chi connectivity index (χ1n) is 10.1. The molecule has 5 heteroatoms. The quantitative estimate of drug-likeness (QED) is 0.749. The van der Waals surface area contributed by atoms with Crippen LogP contribution in [0.1, 0.15) is 31.2 Å². The maximum atomic E-state index is 12.1. The van der Waals surface area contributed by atoms with E-state index >= 15 is 0 Å². The monoisotopic (exact) mass is 376 g/mol. The van der Waals surface area contributed by atoms with Crippen molar-refractivity contribution < 1.29 is 4.79 Å². The van der Waals surface area contributed by atoms with Crippen molar-refractivity contribution in [2.45, 2.75) is 32.2 Å². The fourth-order valence-corrected chi connectivity index (χ4v) is 4.45. The highest BCUT2D eigenvalue weighted by atomic mass is 16.2. The summed E-state index contributed by atoms with van der Waals surface area (Å²) in [4.78, 5) is 25.7. The zero-order valence-corrected chi connectivity index (χ0v) is 16.4. The number of hydrogen-bond acceptors (Lipinski definition) is 4. The van der Waals surface area contributed by atoms with Crippen LogP contribution in [0.15, 0.2) is 55.4 Å². The molecule has 2 aromatic rings. The molecule has 28 heavy (non-hydrogen) atoms. The lowest BCUT2D eigenvalue weighted by atomic mass is 9.72. The molecule has 2 fully saturated rings. The Morgan fingerprint density at radius 2 is 1.79 bits per heavy atom. The Balaban J connectivity index is 1.33. The minimum Gasteiger partial charge on any atom is -0.338 e. The SMILES string of the molecule is C=CCN1CC2(CCC1=O)CCN(Cc1cnc(-c3ccccc3)nc1)CC2. The van der Waals surface area contributed by atoms with E-state index in [1.807, 2.05) is 53.7 Å². The van der Waals surface area contributed by atoms with E-state index in [1.54, 1.807) is 0 Å². The Morgan fingerprint density at radius 1 is 1.07 bits per heavy atom. The van der Waals surface area contributed by atoms with Crippen LogP contribution in [0.25, 0.3) is 11.4 Å². The van der Waals surface area contributed by atoms with Gasteiger partial charge in [0.15, 0.2) is 5.82 Å². The summed E-state index contributed by atoms with van der Waals surface area (Å²) >= 11 is 0. The Labute approximate surface area is 167 Å². The molecule has 2 saturated heterocycles. The van der Waals surface area contributed by atoms with E-state index in [-0.39, 0.29) is 5.91 Å². The van der Waals surface area contributed by atoms with Crippen LogP contribution in [0.4, 0.5) is 0 Å². The van der Waals surface area contributed by atoms with E-state index in [2.05, 4.69) is 21.4 Å². The van der Waals surface area contributed by atoms with Gasteiger partial charge in [0, 0.05) is 49.6 Å². The Bertz CT molecular complexity index is 810. The largest absolute Gasteiger partial charge is 0.338 e. The van der Waals surface area contributed by atoms with Crippen LogP contribution in [-0.4, -0.2) is 51.9 Å². The summed E-state index contributed by atoms with van der Waals surface area (Å²) in [6.07, 6.45) is 9.75. The number of likely N-dealkylation sites (tertiary alicyclic amines) is 2. The fourth-order valence-electron chi connectivity index (χ4n) is 4.45. The van der Waals surface area contributed by atoms with Gasteiger partial charge in [-0.15, -0.1) is 6.58 Å². The first kappa shape index (κ1) is 18.8. The molecule has 0 atom stereocenters. The molecule has 0 aliphatic carbocycles. The summed E-state index contributed by atoms with van der Waals surface area (Å²) in [6, 6.07) is 10.1. The van der Waals surface area contributed by atoms with Gasteiger partial charge in [0.2, 0.25) is 5.91 Å². The molecule has 1 aromatic carbocycles. The van der Waals surface area contributed by atoms with Crippen molar-refractivity contribution in [1.29, 1.82) is 0 Å². The number of nitrogens with zero attached hydrogens (tertiary/aromatic N) is 4. The van der Waals surface area contributed by atoms with Gasteiger partial charge in [0.25, 0.3) is 0 Å². The zero-order chi connectivity index (χ0) is 19.4. The number of rotatable bonds is 5. The summed E-state index contributed by atoms with van der Waals surface area (Å²) in [5.74, 6) is 1.06. The van der Waals surface area contributed by atoms with Crippen LogP contribution in [0.2, 0.25) is 0 Å². The summed E-state index contributed by atoms with van der Waals surface area (Å²) in [5, 5.41) is 0. The normalized spacial score (nSPS) is 19.7. The molecule has 5 nitrogen and oxygen atoms in total. The predicted octanol–water partition coefficient (Wildman–Crippen LogP) is 3.53. The van der Waals surface area contributed by atoms with Gasteiger partial charge < -0.3 is 4.90 Å². The molecule has 0 radical (unpaired) electrons. The number of carbonyl (C=O) groups excluding carboxylic acids is 1. The Kier molecular flexibility index (Phi) is 5.53. The number of carbonyl (C=O) groups is 1. The zero-order valence-electron chi connectivity index (χ0n) is 16.4. The molecule has 1 spiro atoms. The fraction of sp³-hybridized carbons (Fsp3) is 0.435. The molecular formula is C23H28N4O. The maximum absolute atomic E-state index is 12.1. The summed E-state index contributed by atoms with van der Waals surface area (Å²) in [7, 11) is 0. The van der Waals surface area contributed by atoms with Crippen molar-refractivity contribution in [1.82, 2.24) is 19.8 Å². The first-order valence-corrected chi connectivity index (χ1v) is 10.1. The van der Waals surface area contributed by atoms with Crippen molar-refractivity contribution in [2.24, 2.45) is 5.41 Å². The third-order valence-electron chi connectivity index (χ3n) is 6.16. The van der Waals surface area contributed by atoms with Crippen molar-refractivity contribution in [2.75, 3.05) is 26.2 Å². The molecule has 0 bridgehead atoms. The van der Waals surface area contributed by atoms with Crippen LogP contribution in [0, 0.1) is 5.41 Å². The molecule has 1 aromatic heterocycles.